The number of hydrogen-bond donors (Lipinski definition) is 2. The van der Waals surface area contributed by atoms with Crippen LogP contribution in [0.25, 0.3) is 10.1 Å². The van der Waals surface area contributed by atoms with Crippen molar-refractivity contribution >= 4 is 49.8 Å². The molecule has 0 saturated carbocycles. The molecule has 0 atom stereocenters. The van der Waals surface area contributed by atoms with Crippen LogP contribution in [-0.2, 0) is 4.79 Å². The average Bonchev–Trinajstić information content (AvgIpc) is 2.73. The van der Waals surface area contributed by atoms with Crippen molar-refractivity contribution in [2.24, 2.45) is 0 Å². The highest BCUT2D eigenvalue weighted by molar-refractivity contribution is 7.23. The third kappa shape index (κ3) is 2.47. The van der Waals surface area contributed by atoms with Gasteiger partial charge in [0.15, 0.2) is 5.78 Å². The van der Waals surface area contributed by atoms with Crippen LogP contribution in [0.4, 0.5) is 5.00 Å². The van der Waals surface area contributed by atoms with Gasteiger partial charge in [0.05, 0.1) is 11.4 Å². The number of alkyl halides is 1. The van der Waals surface area contributed by atoms with E-state index in [1.165, 1.54) is 11.3 Å². The maximum Gasteiger partial charge on any atom is 0.322 e. The summed E-state index contributed by atoms with van der Waals surface area (Å²) in [5, 5.41) is 12.8. The average molecular weight is 284 g/mol. The Balaban J connectivity index is 2.49. The Labute approximate surface area is 112 Å². The van der Waals surface area contributed by atoms with E-state index in [1.54, 1.807) is 0 Å². The van der Waals surface area contributed by atoms with Crippen molar-refractivity contribution in [1.29, 1.82) is 0 Å². The molecule has 4 nitrogen and oxygen atoms in total. The first kappa shape index (κ1) is 12.9. The van der Waals surface area contributed by atoms with Gasteiger partial charge in [-0.25, -0.2) is 0 Å². The molecule has 0 aliphatic rings. The van der Waals surface area contributed by atoms with Crippen LogP contribution in [0.3, 0.4) is 0 Å². The van der Waals surface area contributed by atoms with Gasteiger partial charge in [-0.3, -0.25) is 9.59 Å². The SMILES string of the molecule is O=C(O)CNc1sc2ccccc2c1C(=O)CCl. The summed E-state index contributed by atoms with van der Waals surface area (Å²) in [4.78, 5) is 22.4. The van der Waals surface area contributed by atoms with Crippen LogP contribution < -0.4 is 5.32 Å². The number of carboxylic acids is 1. The van der Waals surface area contributed by atoms with Crippen LogP contribution >= 0.6 is 22.9 Å². The van der Waals surface area contributed by atoms with E-state index in [4.69, 9.17) is 16.7 Å². The second kappa shape index (κ2) is 5.37. The molecule has 0 amide bonds. The molecule has 0 bridgehead atoms. The van der Waals surface area contributed by atoms with E-state index in [-0.39, 0.29) is 18.2 Å². The van der Waals surface area contributed by atoms with E-state index in [1.807, 2.05) is 24.3 Å². The molecule has 1 aromatic heterocycles. The number of aliphatic carboxylic acids is 1. The molecule has 0 radical (unpaired) electrons. The first-order valence-electron chi connectivity index (χ1n) is 5.20. The fraction of sp³-hybridized carbons (Fsp3) is 0.167. The number of ketones is 1. The van der Waals surface area contributed by atoms with Crippen LogP contribution in [-0.4, -0.2) is 29.3 Å². The predicted molar refractivity (Wildman–Crippen MR) is 73.0 cm³/mol. The molecule has 1 heterocycles. The zero-order valence-electron chi connectivity index (χ0n) is 9.27. The molecule has 6 heteroatoms. The lowest BCUT2D eigenvalue weighted by atomic mass is 10.1. The minimum atomic E-state index is -0.975. The van der Waals surface area contributed by atoms with Crippen molar-refractivity contribution < 1.29 is 14.7 Å². The molecule has 0 spiro atoms. The largest absolute Gasteiger partial charge is 0.480 e. The molecule has 0 saturated heterocycles. The Morgan fingerprint density at radius 1 is 1.33 bits per heavy atom. The minimum Gasteiger partial charge on any atom is -0.480 e. The summed E-state index contributed by atoms with van der Waals surface area (Å²) in [6.45, 7) is -0.227. The lowest BCUT2D eigenvalue weighted by Crippen LogP contribution is -2.13. The zero-order chi connectivity index (χ0) is 13.1. The molecular formula is C12H10ClNO3S. The van der Waals surface area contributed by atoms with Gasteiger partial charge in [0.1, 0.15) is 11.5 Å². The summed E-state index contributed by atoms with van der Waals surface area (Å²) in [6.07, 6.45) is 0. The van der Waals surface area contributed by atoms with E-state index in [9.17, 15) is 9.59 Å². The molecule has 2 rings (SSSR count). The second-order valence-corrected chi connectivity index (χ2v) is 4.93. The summed E-state index contributed by atoms with van der Waals surface area (Å²) in [7, 11) is 0. The van der Waals surface area contributed by atoms with Crippen LogP contribution in [0.5, 0.6) is 0 Å². The van der Waals surface area contributed by atoms with Gasteiger partial charge in [-0.05, 0) is 6.07 Å². The zero-order valence-corrected chi connectivity index (χ0v) is 10.8. The van der Waals surface area contributed by atoms with Gasteiger partial charge in [0.2, 0.25) is 0 Å². The molecule has 0 aliphatic heterocycles. The molecule has 94 valence electrons. The molecule has 2 N–H and O–H groups in total. The van der Waals surface area contributed by atoms with E-state index in [0.29, 0.717) is 10.6 Å². The van der Waals surface area contributed by atoms with Gasteiger partial charge in [-0.15, -0.1) is 22.9 Å². The molecular weight excluding hydrogens is 274 g/mol. The predicted octanol–water partition coefficient (Wildman–Crippen LogP) is 2.82. The van der Waals surface area contributed by atoms with Gasteiger partial charge in [0.25, 0.3) is 0 Å². The number of Topliss-reactive ketones (excluding diaryl/α,β-unsaturated/α-hetero) is 1. The third-order valence-corrected chi connectivity index (χ3v) is 3.77. The molecule has 1 aromatic carbocycles. The number of thiophene rings is 1. The summed E-state index contributed by atoms with van der Waals surface area (Å²) in [5.41, 5.74) is 0.479. The quantitative estimate of drug-likeness (QED) is 0.654. The Kier molecular flexibility index (Phi) is 3.84. The highest BCUT2D eigenvalue weighted by Gasteiger charge is 2.18. The van der Waals surface area contributed by atoms with Gasteiger partial charge < -0.3 is 10.4 Å². The summed E-state index contributed by atoms with van der Waals surface area (Å²) < 4.78 is 0.929. The van der Waals surface area contributed by atoms with Crippen molar-refractivity contribution in [2.75, 3.05) is 17.7 Å². The number of rotatable bonds is 5. The molecule has 0 aliphatic carbocycles. The smallest absolute Gasteiger partial charge is 0.322 e. The minimum absolute atomic E-state index is 0.123. The van der Waals surface area contributed by atoms with Gasteiger partial charge in [0, 0.05) is 10.1 Å². The highest BCUT2D eigenvalue weighted by atomic mass is 35.5. The van der Waals surface area contributed by atoms with E-state index in [0.717, 1.165) is 10.1 Å². The second-order valence-electron chi connectivity index (χ2n) is 3.61. The van der Waals surface area contributed by atoms with Crippen molar-refractivity contribution in [2.45, 2.75) is 0 Å². The number of carboxylic acid groups (broad SMARTS) is 1. The standard InChI is InChI=1S/C12H10ClNO3S/c13-5-8(15)11-7-3-1-2-4-9(7)18-12(11)14-6-10(16)17/h1-4,14H,5-6H2,(H,16,17). The highest BCUT2D eigenvalue weighted by Crippen LogP contribution is 2.35. The topological polar surface area (TPSA) is 66.4 Å². The number of carbonyl (C=O) groups excluding carboxylic acids is 1. The van der Waals surface area contributed by atoms with Gasteiger partial charge >= 0.3 is 5.97 Å². The normalized spacial score (nSPS) is 10.5. The summed E-state index contributed by atoms with van der Waals surface area (Å²) in [6, 6.07) is 7.42. The molecule has 2 aromatic rings. The Morgan fingerprint density at radius 2 is 2.06 bits per heavy atom. The van der Waals surface area contributed by atoms with E-state index < -0.39 is 5.97 Å². The van der Waals surface area contributed by atoms with Crippen LogP contribution in [0.15, 0.2) is 24.3 Å². The third-order valence-electron chi connectivity index (χ3n) is 2.40. The maximum absolute atomic E-state index is 11.8. The monoisotopic (exact) mass is 283 g/mol. The first-order chi connectivity index (χ1) is 8.63. The molecule has 0 unspecified atom stereocenters. The Hall–Kier alpha value is -1.59. The van der Waals surface area contributed by atoms with Gasteiger partial charge in [-0.1, -0.05) is 18.2 Å². The summed E-state index contributed by atoms with van der Waals surface area (Å²) >= 11 is 6.95. The van der Waals surface area contributed by atoms with Crippen molar-refractivity contribution in [1.82, 2.24) is 0 Å². The Morgan fingerprint density at radius 3 is 2.72 bits per heavy atom. The van der Waals surface area contributed by atoms with Crippen molar-refractivity contribution in [3.8, 4) is 0 Å². The first-order valence-corrected chi connectivity index (χ1v) is 6.55. The van der Waals surface area contributed by atoms with Crippen LogP contribution in [0.1, 0.15) is 10.4 Å². The number of fused-ring (bicyclic) bond motifs is 1. The van der Waals surface area contributed by atoms with E-state index in [2.05, 4.69) is 5.32 Å². The summed E-state index contributed by atoms with van der Waals surface area (Å²) in [5.74, 6) is -1.30. The van der Waals surface area contributed by atoms with Gasteiger partial charge in [-0.2, -0.15) is 0 Å². The number of anilines is 1. The Bertz CT molecular complexity index is 608. The maximum atomic E-state index is 11.8. The lowest BCUT2D eigenvalue weighted by molar-refractivity contribution is -0.134. The number of carbonyl (C=O) groups is 2. The van der Waals surface area contributed by atoms with Crippen molar-refractivity contribution in [3.63, 3.8) is 0 Å². The van der Waals surface area contributed by atoms with Crippen LogP contribution in [0.2, 0.25) is 0 Å². The van der Waals surface area contributed by atoms with Crippen molar-refractivity contribution in [3.05, 3.63) is 29.8 Å². The molecule has 18 heavy (non-hydrogen) atoms. The fourth-order valence-electron chi connectivity index (χ4n) is 1.67. The van der Waals surface area contributed by atoms with E-state index >= 15 is 0 Å². The molecule has 0 fully saturated rings. The number of nitrogens with one attached hydrogen (secondary N) is 1. The number of hydrogen-bond acceptors (Lipinski definition) is 4. The van der Waals surface area contributed by atoms with Crippen LogP contribution in [0, 0.1) is 0 Å². The number of halogens is 1. The lowest BCUT2D eigenvalue weighted by Gasteiger charge is -2.03. The fourth-order valence-corrected chi connectivity index (χ4v) is 2.92. The number of benzene rings is 1.